The molecule has 5 fully saturated rings. The minimum absolute atomic E-state index is 0.0309. The third kappa shape index (κ3) is 4.77. The van der Waals surface area contributed by atoms with Crippen LogP contribution in [0.2, 0.25) is 0 Å². The lowest BCUT2D eigenvalue weighted by atomic mass is 9.45. The number of thiazole rings is 1. The monoisotopic (exact) mass is 685 g/mol. The first kappa shape index (κ1) is 29.7. The fraction of sp³-hybridized carbons (Fsp3) is 0.387. The van der Waals surface area contributed by atoms with E-state index in [-0.39, 0.29) is 45.4 Å². The third-order valence-corrected chi connectivity index (χ3v) is 14.5. The van der Waals surface area contributed by atoms with Gasteiger partial charge >= 0.3 is 0 Å². The fourth-order valence-electron chi connectivity index (χ4n) is 7.49. The second kappa shape index (κ2) is 10.2. The largest absolute Gasteiger partial charge is 0.495 e. The van der Waals surface area contributed by atoms with Crippen molar-refractivity contribution in [3.63, 3.8) is 0 Å². The van der Waals surface area contributed by atoms with E-state index >= 15 is 4.39 Å². The molecule has 240 valence electrons. The zero-order valence-corrected chi connectivity index (χ0v) is 27.0. The van der Waals surface area contributed by atoms with Gasteiger partial charge in [0.05, 0.1) is 40.6 Å². The lowest BCUT2D eigenvalue weighted by Gasteiger charge is -2.60. The average Bonchev–Trinajstić information content (AvgIpc) is 3.34. The van der Waals surface area contributed by atoms with Crippen molar-refractivity contribution in [2.45, 2.75) is 48.5 Å². The zero-order chi connectivity index (χ0) is 32.1. The van der Waals surface area contributed by atoms with Gasteiger partial charge in [0.1, 0.15) is 16.6 Å². The van der Waals surface area contributed by atoms with Crippen LogP contribution in [0.4, 0.5) is 20.4 Å². The van der Waals surface area contributed by atoms with E-state index < -0.39 is 36.4 Å². The fourth-order valence-corrected chi connectivity index (χ4v) is 12.3. The molecule has 46 heavy (non-hydrogen) atoms. The van der Waals surface area contributed by atoms with Crippen LogP contribution in [0.15, 0.2) is 53.6 Å². The van der Waals surface area contributed by atoms with Crippen LogP contribution in [-0.4, -0.2) is 56.4 Å². The zero-order valence-electron chi connectivity index (χ0n) is 24.6. The van der Waals surface area contributed by atoms with Gasteiger partial charge in [-0.15, -0.1) is 11.3 Å². The standard InChI is InChI=1S/C31H29F2N5O5S3/c1-43-23-7-3-5-20(32)27(23)46(41,42)38-21-6-2-4-19(24(21)33)25-26(44-28(37-25)31-10-17(11-31)12-31)22-8-9-34-29(36-22)35-18-13-30(14-18)15-45(39,40)16-30/h2-9,17-18,38H,10-16H2,1H3,(H,34,35,36). The highest BCUT2D eigenvalue weighted by Crippen LogP contribution is 2.66. The van der Waals surface area contributed by atoms with Crippen LogP contribution in [0.5, 0.6) is 5.75 Å². The number of nitrogens with zero attached hydrogens (tertiary/aromatic N) is 3. The molecule has 1 aliphatic heterocycles. The lowest BCUT2D eigenvalue weighted by molar-refractivity contribution is -0.0274. The molecular weight excluding hydrogens is 657 g/mol. The number of sulfone groups is 1. The number of nitrogens with one attached hydrogen (secondary N) is 2. The Labute approximate surface area is 268 Å². The highest BCUT2D eigenvalue weighted by molar-refractivity contribution is 7.93. The first-order chi connectivity index (χ1) is 21.9. The molecule has 4 aromatic rings. The molecule has 9 rings (SSSR count). The van der Waals surface area contributed by atoms with E-state index in [9.17, 15) is 21.2 Å². The molecule has 10 nitrogen and oxygen atoms in total. The number of benzene rings is 2. The number of hydrogen-bond donors (Lipinski definition) is 2. The summed E-state index contributed by atoms with van der Waals surface area (Å²) < 4.78 is 88.1. The Bertz CT molecular complexity index is 2100. The molecule has 2 N–H and O–H groups in total. The summed E-state index contributed by atoms with van der Waals surface area (Å²) in [4.78, 5) is 14.0. The number of aromatic nitrogens is 3. The molecule has 0 unspecified atom stereocenters. The van der Waals surface area contributed by atoms with E-state index in [0.717, 1.165) is 43.2 Å². The molecule has 0 radical (unpaired) electrons. The number of halogens is 2. The summed E-state index contributed by atoms with van der Waals surface area (Å²) in [7, 11) is -6.27. The Morgan fingerprint density at radius 3 is 2.41 bits per heavy atom. The second-order valence-corrected chi connectivity index (χ2v) is 17.7. The van der Waals surface area contributed by atoms with E-state index in [1.165, 1.54) is 48.8 Å². The Kier molecular flexibility index (Phi) is 6.55. The Morgan fingerprint density at radius 2 is 1.74 bits per heavy atom. The molecule has 4 aliphatic carbocycles. The molecule has 3 heterocycles. The molecule has 0 amide bonds. The quantitative estimate of drug-likeness (QED) is 0.237. The van der Waals surface area contributed by atoms with Crippen LogP contribution in [0.25, 0.3) is 21.8 Å². The van der Waals surface area contributed by atoms with Crippen molar-refractivity contribution in [3.8, 4) is 27.6 Å². The maximum absolute atomic E-state index is 16.3. The number of sulfonamides is 1. The highest BCUT2D eigenvalue weighted by atomic mass is 32.2. The smallest absolute Gasteiger partial charge is 0.268 e. The number of methoxy groups -OCH3 is 1. The summed E-state index contributed by atoms with van der Waals surface area (Å²) >= 11 is 1.45. The summed E-state index contributed by atoms with van der Waals surface area (Å²) in [5.41, 5.74) is 0.401. The minimum Gasteiger partial charge on any atom is -0.495 e. The number of hydrogen-bond acceptors (Lipinski definition) is 10. The van der Waals surface area contributed by atoms with Gasteiger partial charge in [-0.2, -0.15) is 0 Å². The van der Waals surface area contributed by atoms with Crippen molar-refractivity contribution < 1.29 is 30.4 Å². The minimum atomic E-state index is -4.57. The van der Waals surface area contributed by atoms with E-state index in [0.29, 0.717) is 28.1 Å². The Hall–Kier alpha value is -3.69. The molecule has 2 aromatic carbocycles. The molecule has 4 saturated carbocycles. The normalized spacial score (nSPS) is 23.8. The van der Waals surface area contributed by atoms with Gasteiger partial charge in [-0.3, -0.25) is 4.72 Å². The number of ether oxygens (including phenoxy) is 1. The molecule has 2 aromatic heterocycles. The predicted octanol–water partition coefficient (Wildman–Crippen LogP) is 5.40. The van der Waals surface area contributed by atoms with Gasteiger partial charge in [-0.1, -0.05) is 12.1 Å². The molecule has 1 saturated heterocycles. The van der Waals surface area contributed by atoms with Crippen molar-refractivity contribution in [2.75, 3.05) is 28.7 Å². The summed E-state index contributed by atoms with van der Waals surface area (Å²) in [6.45, 7) is 0. The molecule has 2 bridgehead atoms. The number of rotatable bonds is 9. The topological polar surface area (TPSA) is 140 Å². The van der Waals surface area contributed by atoms with Gasteiger partial charge < -0.3 is 10.1 Å². The Morgan fingerprint density at radius 1 is 1.00 bits per heavy atom. The van der Waals surface area contributed by atoms with Crippen molar-refractivity contribution in [2.24, 2.45) is 11.3 Å². The van der Waals surface area contributed by atoms with E-state index in [4.69, 9.17) is 14.7 Å². The van der Waals surface area contributed by atoms with Crippen LogP contribution in [0.3, 0.4) is 0 Å². The molecule has 15 heteroatoms. The second-order valence-electron chi connectivity index (χ2n) is 13.0. The van der Waals surface area contributed by atoms with Gasteiger partial charge in [0.25, 0.3) is 10.0 Å². The maximum atomic E-state index is 16.3. The van der Waals surface area contributed by atoms with Crippen molar-refractivity contribution in [3.05, 3.63) is 65.3 Å². The first-order valence-electron chi connectivity index (χ1n) is 14.8. The van der Waals surface area contributed by atoms with Crippen LogP contribution in [0.1, 0.15) is 37.1 Å². The predicted molar refractivity (Wildman–Crippen MR) is 169 cm³/mol. The van der Waals surface area contributed by atoms with Crippen molar-refractivity contribution in [1.29, 1.82) is 0 Å². The molecular formula is C31H29F2N5O5S3. The molecule has 5 aliphatic rings. The molecule has 0 atom stereocenters. The van der Waals surface area contributed by atoms with Gasteiger partial charge in [0, 0.05) is 28.6 Å². The lowest BCUT2D eigenvalue weighted by Crippen LogP contribution is -2.60. The van der Waals surface area contributed by atoms with Crippen LogP contribution in [-0.2, 0) is 25.3 Å². The van der Waals surface area contributed by atoms with E-state index in [2.05, 4.69) is 15.0 Å². The third-order valence-electron chi connectivity index (χ3n) is 9.67. The van der Waals surface area contributed by atoms with E-state index in [1.54, 1.807) is 12.3 Å². The van der Waals surface area contributed by atoms with Gasteiger partial charge in [0.15, 0.2) is 20.5 Å². The van der Waals surface area contributed by atoms with Gasteiger partial charge in [-0.05, 0) is 68.4 Å². The summed E-state index contributed by atoms with van der Waals surface area (Å²) in [6.07, 6.45) is 6.16. The van der Waals surface area contributed by atoms with Crippen LogP contribution in [0, 0.1) is 23.0 Å². The van der Waals surface area contributed by atoms with Gasteiger partial charge in [-0.25, -0.2) is 40.6 Å². The van der Waals surface area contributed by atoms with Crippen molar-refractivity contribution >= 4 is 42.8 Å². The highest BCUT2D eigenvalue weighted by Gasteiger charge is 2.59. The SMILES string of the molecule is COc1cccc(F)c1S(=O)(=O)Nc1cccc(-c2nc(C34CC(C3)C4)sc2-c2ccnc(NC3CC4(C3)CS(=O)(=O)C4)n2)c1F. The van der Waals surface area contributed by atoms with Crippen LogP contribution < -0.4 is 14.8 Å². The van der Waals surface area contributed by atoms with E-state index in [1.807, 2.05) is 0 Å². The maximum Gasteiger partial charge on any atom is 0.268 e. The average molecular weight is 686 g/mol. The summed E-state index contributed by atoms with van der Waals surface area (Å²) in [5, 5.41) is 4.21. The molecule has 1 spiro atoms. The van der Waals surface area contributed by atoms with Crippen molar-refractivity contribution in [1.82, 2.24) is 15.0 Å². The summed E-state index contributed by atoms with van der Waals surface area (Å²) in [5.74, 6) is -0.584. The van der Waals surface area contributed by atoms with Crippen LogP contribution >= 0.6 is 11.3 Å². The summed E-state index contributed by atoms with van der Waals surface area (Å²) in [6, 6.07) is 9.71. The van der Waals surface area contributed by atoms with Gasteiger partial charge in [0.2, 0.25) is 5.95 Å². The first-order valence-corrected chi connectivity index (χ1v) is 19.0. The Balaban J connectivity index is 1.13. The number of anilines is 2.